The predicted octanol–water partition coefficient (Wildman–Crippen LogP) is 1.68. The predicted molar refractivity (Wildman–Crippen MR) is 75.0 cm³/mol. The SMILES string of the molecule is CCCn1cnnc1C(C)NC(=O)C1(COC)CCC1. The van der Waals surface area contributed by atoms with E-state index in [1.807, 2.05) is 11.5 Å². The van der Waals surface area contributed by atoms with Crippen molar-refractivity contribution in [1.29, 1.82) is 0 Å². The van der Waals surface area contributed by atoms with Gasteiger partial charge in [0.05, 0.1) is 18.1 Å². The molecule has 1 unspecified atom stereocenters. The number of carbonyl (C=O) groups is 1. The number of hydrogen-bond donors (Lipinski definition) is 1. The second-order valence-electron chi connectivity index (χ2n) is 5.64. The molecule has 0 spiro atoms. The molecule has 1 aliphatic carbocycles. The van der Waals surface area contributed by atoms with E-state index >= 15 is 0 Å². The molecular formula is C14H24N4O2. The van der Waals surface area contributed by atoms with Gasteiger partial charge in [-0.15, -0.1) is 10.2 Å². The normalized spacial score (nSPS) is 18.4. The summed E-state index contributed by atoms with van der Waals surface area (Å²) in [7, 11) is 1.65. The Hall–Kier alpha value is -1.43. The van der Waals surface area contributed by atoms with Crippen molar-refractivity contribution in [3.05, 3.63) is 12.2 Å². The smallest absolute Gasteiger partial charge is 0.229 e. The molecule has 20 heavy (non-hydrogen) atoms. The standard InChI is InChI=1S/C14H24N4O2/c1-4-8-18-10-15-17-12(18)11(2)16-13(19)14(9-20-3)6-5-7-14/h10-11H,4-9H2,1-3H3,(H,16,19). The van der Waals surface area contributed by atoms with Crippen LogP contribution in [0, 0.1) is 5.41 Å². The minimum atomic E-state index is -0.335. The van der Waals surface area contributed by atoms with Crippen molar-refractivity contribution in [1.82, 2.24) is 20.1 Å². The average Bonchev–Trinajstić information content (AvgIpc) is 2.82. The highest BCUT2D eigenvalue weighted by atomic mass is 16.5. The Kier molecular flexibility index (Phi) is 4.75. The summed E-state index contributed by atoms with van der Waals surface area (Å²) in [5, 5.41) is 11.1. The molecule has 0 aliphatic heterocycles. The maximum atomic E-state index is 12.5. The van der Waals surface area contributed by atoms with E-state index in [0.717, 1.165) is 38.1 Å². The molecule has 1 amide bonds. The third-order valence-electron chi connectivity index (χ3n) is 4.06. The summed E-state index contributed by atoms with van der Waals surface area (Å²) in [6, 6.07) is -0.133. The van der Waals surface area contributed by atoms with Crippen molar-refractivity contribution in [2.24, 2.45) is 5.41 Å². The molecule has 1 atom stereocenters. The van der Waals surface area contributed by atoms with Crippen LogP contribution in [-0.2, 0) is 16.1 Å². The summed E-state index contributed by atoms with van der Waals surface area (Å²) in [5.41, 5.74) is -0.335. The lowest BCUT2D eigenvalue weighted by Gasteiger charge is -2.40. The Labute approximate surface area is 119 Å². The molecule has 1 saturated carbocycles. The number of aromatic nitrogens is 3. The van der Waals surface area contributed by atoms with Crippen LogP contribution in [0.4, 0.5) is 0 Å². The summed E-state index contributed by atoms with van der Waals surface area (Å²) in [6.07, 6.45) is 5.63. The Morgan fingerprint density at radius 2 is 2.35 bits per heavy atom. The van der Waals surface area contributed by atoms with Crippen molar-refractivity contribution in [3.63, 3.8) is 0 Å². The number of aryl methyl sites for hydroxylation is 1. The van der Waals surface area contributed by atoms with Crippen LogP contribution in [0.2, 0.25) is 0 Å². The van der Waals surface area contributed by atoms with Gasteiger partial charge in [-0.05, 0) is 26.2 Å². The van der Waals surface area contributed by atoms with Gasteiger partial charge in [-0.1, -0.05) is 13.3 Å². The lowest BCUT2D eigenvalue weighted by Crippen LogP contribution is -2.49. The molecule has 0 aromatic carbocycles. The van der Waals surface area contributed by atoms with Gasteiger partial charge in [0, 0.05) is 13.7 Å². The van der Waals surface area contributed by atoms with Gasteiger partial charge in [0.25, 0.3) is 0 Å². The maximum Gasteiger partial charge on any atom is 0.229 e. The minimum absolute atomic E-state index is 0.0733. The van der Waals surface area contributed by atoms with E-state index in [4.69, 9.17) is 4.74 Å². The molecular weight excluding hydrogens is 256 g/mol. The number of ether oxygens (including phenoxy) is 1. The van der Waals surface area contributed by atoms with Gasteiger partial charge in [0.1, 0.15) is 6.33 Å². The minimum Gasteiger partial charge on any atom is -0.384 e. The van der Waals surface area contributed by atoms with E-state index in [9.17, 15) is 4.79 Å². The molecule has 6 heteroatoms. The fourth-order valence-corrected chi connectivity index (χ4v) is 2.74. The van der Waals surface area contributed by atoms with Gasteiger partial charge in [0.2, 0.25) is 5.91 Å². The van der Waals surface area contributed by atoms with Crippen LogP contribution in [0.1, 0.15) is 51.4 Å². The van der Waals surface area contributed by atoms with Crippen molar-refractivity contribution in [3.8, 4) is 0 Å². The molecule has 1 heterocycles. The van der Waals surface area contributed by atoms with E-state index in [2.05, 4.69) is 22.4 Å². The van der Waals surface area contributed by atoms with Gasteiger partial charge in [-0.25, -0.2) is 0 Å². The van der Waals surface area contributed by atoms with Crippen molar-refractivity contribution >= 4 is 5.91 Å². The van der Waals surface area contributed by atoms with E-state index in [0.29, 0.717) is 6.61 Å². The van der Waals surface area contributed by atoms with Crippen LogP contribution >= 0.6 is 0 Å². The first kappa shape index (κ1) is 15.0. The van der Waals surface area contributed by atoms with Gasteiger partial charge >= 0.3 is 0 Å². The summed E-state index contributed by atoms with van der Waals surface area (Å²) < 4.78 is 7.21. The number of rotatable bonds is 7. The first-order valence-electron chi connectivity index (χ1n) is 7.30. The van der Waals surface area contributed by atoms with Crippen molar-refractivity contribution < 1.29 is 9.53 Å². The zero-order valence-corrected chi connectivity index (χ0v) is 12.6. The Bertz CT molecular complexity index is 454. The second kappa shape index (κ2) is 6.35. The average molecular weight is 280 g/mol. The zero-order chi connectivity index (χ0) is 14.6. The summed E-state index contributed by atoms with van der Waals surface area (Å²) in [6.45, 7) is 5.42. The number of hydrogen-bond acceptors (Lipinski definition) is 4. The summed E-state index contributed by atoms with van der Waals surface area (Å²) >= 11 is 0. The van der Waals surface area contributed by atoms with Gasteiger partial charge in [-0.2, -0.15) is 0 Å². The number of nitrogens with one attached hydrogen (secondary N) is 1. The third-order valence-corrected chi connectivity index (χ3v) is 4.06. The number of methoxy groups -OCH3 is 1. The van der Waals surface area contributed by atoms with Gasteiger partial charge in [-0.3, -0.25) is 4.79 Å². The largest absolute Gasteiger partial charge is 0.384 e. The third kappa shape index (κ3) is 2.85. The maximum absolute atomic E-state index is 12.5. The zero-order valence-electron chi connectivity index (χ0n) is 12.6. The lowest BCUT2D eigenvalue weighted by molar-refractivity contribution is -0.141. The summed E-state index contributed by atoms with van der Waals surface area (Å²) in [5.74, 6) is 0.885. The molecule has 0 bridgehead atoms. The van der Waals surface area contributed by atoms with E-state index in [1.54, 1.807) is 13.4 Å². The first-order chi connectivity index (χ1) is 9.63. The van der Waals surface area contributed by atoms with Crippen LogP contribution < -0.4 is 5.32 Å². The number of amides is 1. The number of nitrogens with zero attached hydrogens (tertiary/aromatic N) is 3. The molecule has 1 aromatic heterocycles. The lowest BCUT2D eigenvalue weighted by atomic mass is 9.68. The molecule has 112 valence electrons. The quantitative estimate of drug-likeness (QED) is 0.825. The molecule has 0 radical (unpaired) electrons. The topological polar surface area (TPSA) is 69.0 Å². The Morgan fingerprint density at radius 1 is 1.60 bits per heavy atom. The molecule has 6 nitrogen and oxygen atoms in total. The van der Waals surface area contributed by atoms with Crippen LogP contribution in [-0.4, -0.2) is 34.4 Å². The fourth-order valence-electron chi connectivity index (χ4n) is 2.74. The highest BCUT2D eigenvalue weighted by Crippen LogP contribution is 2.41. The van der Waals surface area contributed by atoms with Crippen molar-refractivity contribution in [2.75, 3.05) is 13.7 Å². The van der Waals surface area contributed by atoms with Crippen LogP contribution in [0.25, 0.3) is 0 Å². The van der Waals surface area contributed by atoms with Crippen LogP contribution in [0.5, 0.6) is 0 Å². The first-order valence-corrected chi connectivity index (χ1v) is 7.30. The Balaban J connectivity index is 2.01. The van der Waals surface area contributed by atoms with Crippen LogP contribution in [0.3, 0.4) is 0 Å². The van der Waals surface area contributed by atoms with Crippen LogP contribution in [0.15, 0.2) is 6.33 Å². The van der Waals surface area contributed by atoms with E-state index in [1.165, 1.54) is 0 Å². The monoisotopic (exact) mass is 280 g/mol. The molecule has 1 aliphatic rings. The highest BCUT2D eigenvalue weighted by Gasteiger charge is 2.44. The molecule has 1 aromatic rings. The number of carbonyl (C=O) groups excluding carboxylic acids is 1. The Morgan fingerprint density at radius 3 is 2.90 bits per heavy atom. The fraction of sp³-hybridized carbons (Fsp3) is 0.786. The highest BCUT2D eigenvalue weighted by molar-refractivity contribution is 5.84. The van der Waals surface area contributed by atoms with E-state index < -0.39 is 0 Å². The second-order valence-corrected chi connectivity index (χ2v) is 5.64. The van der Waals surface area contributed by atoms with Gasteiger partial charge < -0.3 is 14.6 Å². The molecule has 1 N–H and O–H groups in total. The van der Waals surface area contributed by atoms with E-state index in [-0.39, 0.29) is 17.4 Å². The van der Waals surface area contributed by atoms with Gasteiger partial charge in [0.15, 0.2) is 5.82 Å². The van der Waals surface area contributed by atoms with Crippen molar-refractivity contribution in [2.45, 2.75) is 52.1 Å². The summed E-state index contributed by atoms with van der Waals surface area (Å²) in [4.78, 5) is 12.5. The molecule has 2 rings (SSSR count). The molecule has 0 saturated heterocycles. The molecule has 1 fully saturated rings.